The molecule has 1 atom stereocenters. The Hall–Kier alpha value is -1.35. The Balaban J connectivity index is 0.00000288. The summed E-state index contributed by atoms with van der Waals surface area (Å²) < 4.78 is 5.59. The number of nitrogens with zero attached hydrogens (tertiary/aromatic N) is 3. The van der Waals surface area contributed by atoms with Crippen molar-refractivity contribution in [1.82, 2.24) is 15.6 Å². The van der Waals surface area contributed by atoms with E-state index in [1.165, 1.54) is 0 Å². The zero-order valence-corrected chi connectivity index (χ0v) is 16.8. The first-order valence-electron chi connectivity index (χ1n) is 8.17. The van der Waals surface area contributed by atoms with E-state index in [0.717, 1.165) is 43.6 Å². The molecule has 1 aromatic rings. The van der Waals surface area contributed by atoms with E-state index in [2.05, 4.69) is 52.0 Å². The van der Waals surface area contributed by atoms with Crippen LogP contribution in [0.4, 0.5) is 5.82 Å². The van der Waals surface area contributed by atoms with E-state index in [9.17, 15) is 0 Å². The first-order valence-corrected chi connectivity index (χ1v) is 8.17. The molecule has 1 aromatic heterocycles. The van der Waals surface area contributed by atoms with E-state index in [4.69, 9.17) is 4.74 Å². The van der Waals surface area contributed by atoms with Crippen molar-refractivity contribution in [3.05, 3.63) is 36.5 Å². The molecule has 0 saturated carbocycles. The Morgan fingerprint density at radius 2 is 2.38 bits per heavy atom. The third kappa shape index (κ3) is 6.64. The van der Waals surface area contributed by atoms with Crippen LogP contribution >= 0.6 is 24.0 Å². The summed E-state index contributed by atoms with van der Waals surface area (Å²) in [5, 5.41) is 6.42. The lowest BCUT2D eigenvalue weighted by Crippen LogP contribution is -2.41. The third-order valence-corrected chi connectivity index (χ3v) is 3.55. The van der Waals surface area contributed by atoms with Gasteiger partial charge >= 0.3 is 0 Å². The highest BCUT2D eigenvalue weighted by molar-refractivity contribution is 14.0. The fourth-order valence-electron chi connectivity index (χ4n) is 2.44. The van der Waals surface area contributed by atoms with E-state index >= 15 is 0 Å². The summed E-state index contributed by atoms with van der Waals surface area (Å²) >= 11 is 0. The molecular formula is C17H28IN5O. The van der Waals surface area contributed by atoms with Gasteiger partial charge in [0.25, 0.3) is 0 Å². The molecule has 1 unspecified atom stereocenters. The smallest absolute Gasteiger partial charge is 0.191 e. The van der Waals surface area contributed by atoms with Crippen LogP contribution < -0.4 is 15.5 Å². The molecule has 134 valence electrons. The van der Waals surface area contributed by atoms with Crippen LogP contribution in [0.3, 0.4) is 0 Å². The number of aliphatic imine (C=N–C) groups is 1. The highest BCUT2D eigenvalue weighted by Crippen LogP contribution is 2.16. The first kappa shape index (κ1) is 20.7. The maximum absolute atomic E-state index is 5.59. The molecule has 2 heterocycles. The summed E-state index contributed by atoms with van der Waals surface area (Å²) in [6, 6.07) is 4.12. The Labute approximate surface area is 161 Å². The van der Waals surface area contributed by atoms with Crippen molar-refractivity contribution >= 4 is 35.8 Å². The van der Waals surface area contributed by atoms with Gasteiger partial charge in [0.1, 0.15) is 5.82 Å². The minimum Gasteiger partial charge on any atom is -0.375 e. The molecule has 1 fully saturated rings. The highest BCUT2D eigenvalue weighted by Gasteiger charge is 2.17. The van der Waals surface area contributed by atoms with Gasteiger partial charge in [-0.3, -0.25) is 0 Å². The predicted octanol–water partition coefficient (Wildman–Crippen LogP) is 2.17. The second-order valence-electron chi connectivity index (χ2n) is 5.51. The zero-order chi connectivity index (χ0) is 16.5. The maximum Gasteiger partial charge on any atom is 0.191 e. The van der Waals surface area contributed by atoms with Crippen LogP contribution in [-0.2, 0) is 11.3 Å². The minimum atomic E-state index is 0. The molecule has 0 amide bonds. The predicted molar refractivity (Wildman–Crippen MR) is 110 cm³/mol. The number of pyridine rings is 1. The molecular weight excluding hydrogens is 417 g/mol. The number of rotatable bonds is 6. The first-order chi connectivity index (χ1) is 11.2. The minimum absolute atomic E-state index is 0. The van der Waals surface area contributed by atoms with Gasteiger partial charge in [0, 0.05) is 32.4 Å². The van der Waals surface area contributed by atoms with E-state index in [1.54, 1.807) is 0 Å². The van der Waals surface area contributed by atoms with Crippen molar-refractivity contribution in [1.29, 1.82) is 0 Å². The number of hydrogen-bond acceptors (Lipinski definition) is 4. The maximum atomic E-state index is 5.59. The number of morpholine rings is 1. The van der Waals surface area contributed by atoms with Gasteiger partial charge in [-0.15, -0.1) is 30.6 Å². The normalized spacial score (nSPS) is 17.8. The number of halogens is 1. The van der Waals surface area contributed by atoms with Crippen LogP contribution in [0.15, 0.2) is 36.0 Å². The lowest BCUT2D eigenvalue weighted by molar-refractivity contribution is 0.0529. The van der Waals surface area contributed by atoms with Gasteiger partial charge < -0.3 is 20.3 Å². The summed E-state index contributed by atoms with van der Waals surface area (Å²) in [6.07, 6.45) is 3.91. The molecule has 1 aliphatic rings. The fraction of sp³-hybridized carbons (Fsp3) is 0.529. The Bertz CT molecular complexity index is 537. The van der Waals surface area contributed by atoms with Crippen molar-refractivity contribution in [3.63, 3.8) is 0 Å². The number of guanidine groups is 1. The fourth-order valence-corrected chi connectivity index (χ4v) is 2.44. The second-order valence-corrected chi connectivity index (χ2v) is 5.51. The summed E-state index contributed by atoms with van der Waals surface area (Å²) in [6.45, 7) is 12.5. The summed E-state index contributed by atoms with van der Waals surface area (Å²) in [5.41, 5.74) is 1.14. The van der Waals surface area contributed by atoms with Gasteiger partial charge in [0.2, 0.25) is 0 Å². The van der Waals surface area contributed by atoms with Crippen LogP contribution in [-0.4, -0.2) is 49.8 Å². The molecule has 24 heavy (non-hydrogen) atoms. The molecule has 0 aromatic carbocycles. The molecule has 0 bridgehead atoms. The number of ether oxygens (including phenoxy) is 1. The van der Waals surface area contributed by atoms with Gasteiger partial charge in [-0.05, 0) is 31.5 Å². The van der Waals surface area contributed by atoms with Gasteiger partial charge in [0.15, 0.2) is 5.96 Å². The van der Waals surface area contributed by atoms with Crippen LogP contribution in [0, 0.1) is 0 Å². The summed E-state index contributed by atoms with van der Waals surface area (Å²) in [4.78, 5) is 11.4. The SMILES string of the molecule is C=CCNC(=NCc1ccnc(N2CCOC(C)C2)c1)NCC.I. The van der Waals surface area contributed by atoms with Crippen LogP contribution in [0.25, 0.3) is 0 Å². The Morgan fingerprint density at radius 1 is 1.54 bits per heavy atom. The highest BCUT2D eigenvalue weighted by atomic mass is 127. The van der Waals surface area contributed by atoms with E-state index in [-0.39, 0.29) is 30.1 Å². The topological polar surface area (TPSA) is 61.8 Å². The van der Waals surface area contributed by atoms with Gasteiger partial charge in [-0.2, -0.15) is 0 Å². The number of aromatic nitrogens is 1. The van der Waals surface area contributed by atoms with Gasteiger partial charge in [0.05, 0.1) is 19.3 Å². The zero-order valence-electron chi connectivity index (χ0n) is 14.5. The molecule has 2 rings (SSSR count). The van der Waals surface area contributed by atoms with Gasteiger partial charge in [-0.1, -0.05) is 6.08 Å². The molecule has 0 spiro atoms. The van der Waals surface area contributed by atoms with Crippen molar-refractivity contribution < 1.29 is 4.74 Å². The standard InChI is InChI=1S/C17H27N5O.HI/c1-4-7-20-17(18-5-2)21-12-15-6-8-19-16(11-15)22-9-10-23-14(3)13-22;/h4,6,8,11,14H,1,5,7,9-10,12-13H2,2-3H3,(H2,18,20,21);1H. The number of hydrogen-bond donors (Lipinski definition) is 2. The Morgan fingerprint density at radius 3 is 3.08 bits per heavy atom. The van der Waals surface area contributed by atoms with E-state index in [0.29, 0.717) is 13.1 Å². The van der Waals surface area contributed by atoms with Crippen molar-refractivity contribution in [2.24, 2.45) is 4.99 Å². The lowest BCUT2D eigenvalue weighted by Gasteiger charge is -2.32. The van der Waals surface area contributed by atoms with Crippen molar-refractivity contribution in [2.75, 3.05) is 37.7 Å². The quantitative estimate of drug-likeness (QED) is 0.304. The van der Waals surface area contributed by atoms with Crippen molar-refractivity contribution in [3.8, 4) is 0 Å². The lowest BCUT2D eigenvalue weighted by atomic mass is 10.2. The van der Waals surface area contributed by atoms with Crippen LogP contribution in [0.5, 0.6) is 0 Å². The van der Waals surface area contributed by atoms with Gasteiger partial charge in [-0.25, -0.2) is 9.98 Å². The third-order valence-electron chi connectivity index (χ3n) is 3.55. The molecule has 1 saturated heterocycles. The summed E-state index contributed by atoms with van der Waals surface area (Å²) in [7, 11) is 0. The molecule has 1 aliphatic heterocycles. The number of nitrogens with one attached hydrogen (secondary N) is 2. The average Bonchev–Trinajstić information content (AvgIpc) is 2.57. The number of anilines is 1. The molecule has 7 heteroatoms. The van der Waals surface area contributed by atoms with E-state index < -0.39 is 0 Å². The second kappa shape index (κ2) is 11.2. The average molecular weight is 445 g/mol. The molecule has 0 radical (unpaired) electrons. The largest absolute Gasteiger partial charge is 0.375 e. The van der Waals surface area contributed by atoms with Crippen LogP contribution in [0.1, 0.15) is 19.4 Å². The Kier molecular flexibility index (Phi) is 9.70. The molecule has 2 N–H and O–H groups in total. The monoisotopic (exact) mass is 445 g/mol. The summed E-state index contributed by atoms with van der Waals surface area (Å²) in [5.74, 6) is 1.79. The molecule has 0 aliphatic carbocycles. The van der Waals surface area contributed by atoms with Crippen LogP contribution in [0.2, 0.25) is 0 Å². The van der Waals surface area contributed by atoms with Crippen molar-refractivity contribution in [2.45, 2.75) is 26.5 Å². The van der Waals surface area contributed by atoms with E-state index in [1.807, 2.05) is 18.3 Å². The molecule has 6 nitrogen and oxygen atoms in total.